The third-order valence-corrected chi connectivity index (χ3v) is 4.50. The first-order chi connectivity index (χ1) is 11.8. The lowest BCUT2D eigenvalue weighted by Crippen LogP contribution is -2.46. The van der Waals surface area contributed by atoms with E-state index in [1.54, 1.807) is 24.3 Å². The van der Waals surface area contributed by atoms with Crippen LogP contribution in [0.4, 0.5) is 18.9 Å². The predicted octanol–water partition coefficient (Wildman–Crippen LogP) is 5.04. The molecule has 1 heterocycles. The fourth-order valence-electron chi connectivity index (χ4n) is 2.90. The maximum Gasteiger partial charge on any atom is 0.573 e. The summed E-state index contributed by atoms with van der Waals surface area (Å²) < 4.78 is 40.8. The number of halogens is 5. The summed E-state index contributed by atoms with van der Waals surface area (Å²) in [5.41, 5.74) is 1.71. The van der Waals surface area contributed by atoms with E-state index in [2.05, 4.69) is 15.0 Å². The van der Waals surface area contributed by atoms with Crippen LogP contribution < -0.4 is 15.0 Å². The zero-order chi connectivity index (χ0) is 18.0. The summed E-state index contributed by atoms with van der Waals surface area (Å²) in [6.45, 7) is 2.15. The second-order valence-corrected chi connectivity index (χ2v) is 6.47. The monoisotopic (exact) mass is 390 g/mol. The lowest BCUT2D eigenvalue weighted by Gasteiger charge is -2.38. The van der Waals surface area contributed by atoms with Crippen molar-refractivity contribution >= 4 is 28.9 Å². The molecule has 3 rings (SSSR count). The predicted molar refractivity (Wildman–Crippen MR) is 92.5 cm³/mol. The summed E-state index contributed by atoms with van der Waals surface area (Å²) in [5.74, 6) is -0.240. The number of hydrogen-bond donors (Lipinski definition) is 1. The van der Waals surface area contributed by atoms with Crippen molar-refractivity contribution in [2.75, 3.05) is 24.5 Å². The van der Waals surface area contributed by atoms with Gasteiger partial charge in [-0.1, -0.05) is 35.3 Å². The lowest BCUT2D eigenvalue weighted by atomic mass is 10.0. The number of ether oxygens (including phenoxy) is 1. The number of benzene rings is 2. The highest BCUT2D eigenvalue weighted by atomic mass is 35.5. The molecule has 0 saturated carbocycles. The van der Waals surface area contributed by atoms with Gasteiger partial charge in [0.05, 0.1) is 16.8 Å². The number of hydrogen-bond acceptors (Lipinski definition) is 3. The van der Waals surface area contributed by atoms with Crippen molar-refractivity contribution in [3.63, 3.8) is 0 Å². The van der Waals surface area contributed by atoms with Crippen molar-refractivity contribution in [1.29, 1.82) is 0 Å². The molecular weight excluding hydrogens is 376 g/mol. The Morgan fingerprint density at radius 3 is 2.44 bits per heavy atom. The highest BCUT2D eigenvalue weighted by Crippen LogP contribution is 2.35. The van der Waals surface area contributed by atoms with E-state index in [-0.39, 0.29) is 11.8 Å². The van der Waals surface area contributed by atoms with Crippen LogP contribution in [0.2, 0.25) is 10.0 Å². The number of nitrogens with zero attached hydrogens (tertiary/aromatic N) is 1. The Bertz CT molecular complexity index is 738. The van der Waals surface area contributed by atoms with Crippen LogP contribution in [-0.4, -0.2) is 26.0 Å². The molecule has 1 saturated heterocycles. The number of alkyl halides is 3. The zero-order valence-corrected chi connectivity index (χ0v) is 14.5. The van der Waals surface area contributed by atoms with Crippen LogP contribution in [0.1, 0.15) is 11.6 Å². The average Bonchev–Trinajstić information content (AvgIpc) is 2.54. The van der Waals surface area contributed by atoms with Gasteiger partial charge in [-0.25, -0.2) is 0 Å². The van der Waals surface area contributed by atoms with Crippen LogP contribution >= 0.6 is 23.2 Å². The molecule has 8 heteroatoms. The van der Waals surface area contributed by atoms with Crippen molar-refractivity contribution in [2.24, 2.45) is 0 Å². The Balaban J connectivity index is 1.86. The van der Waals surface area contributed by atoms with Gasteiger partial charge in [0.2, 0.25) is 0 Å². The molecule has 0 amide bonds. The van der Waals surface area contributed by atoms with E-state index in [9.17, 15) is 13.2 Å². The first-order valence-corrected chi connectivity index (χ1v) is 8.37. The molecule has 1 N–H and O–H groups in total. The molecule has 0 aromatic heterocycles. The average molecular weight is 391 g/mol. The SMILES string of the molecule is FC(F)(F)Oc1ccc(C2CNCCN2c2ccc(Cl)cc2Cl)cc1. The highest BCUT2D eigenvalue weighted by Gasteiger charge is 2.31. The van der Waals surface area contributed by atoms with Gasteiger partial charge in [-0.05, 0) is 35.9 Å². The molecular formula is C17H15Cl2F3N2O. The molecule has 1 aliphatic rings. The zero-order valence-electron chi connectivity index (χ0n) is 13.0. The summed E-state index contributed by atoms with van der Waals surface area (Å²) in [5, 5.41) is 4.38. The molecule has 0 radical (unpaired) electrons. The van der Waals surface area contributed by atoms with Gasteiger partial charge in [-0.3, -0.25) is 0 Å². The van der Waals surface area contributed by atoms with E-state index < -0.39 is 6.36 Å². The Kier molecular flexibility index (Phi) is 5.32. The maximum absolute atomic E-state index is 12.3. The molecule has 2 aromatic carbocycles. The van der Waals surface area contributed by atoms with E-state index in [0.29, 0.717) is 23.1 Å². The summed E-state index contributed by atoms with van der Waals surface area (Å²) in [6.07, 6.45) is -4.70. The molecule has 0 spiro atoms. The van der Waals surface area contributed by atoms with Crippen LogP contribution in [0.3, 0.4) is 0 Å². The molecule has 2 aromatic rings. The molecule has 25 heavy (non-hydrogen) atoms. The van der Waals surface area contributed by atoms with E-state index in [1.165, 1.54) is 12.1 Å². The van der Waals surface area contributed by atoms with Gasteiger partial charge in [0.25, 0.3) is 0 Å². The molecule has 134 valence electrons. The lowest BCUT2D eigenvalue weighted by molar-refractivity contribution is -0.274. The van der Waals surface area contributed by atoms with Crippen molar-refractivity contribution in [3.05, 3.63) is 58.1 Å². The molecule has 1 fully saturated rings. The molecule has 0 aliphatic carbocycles. The van der Waals surface area contributed by atoms with Crippen LogP contribution in [0.25, 0.3) is 0 Å². The topological polar surface area (TPSA) is 24.5 Å². The van der Waals surface area contributed by atoms with Gasteiger partial charge in [0.1, 0.15) is 5.75 Å². The van der Waals surface area contributed by atoms with Gasteiger partial charge in [-0.15, -0.1) is 13.2 Å². The van der Waals surface area contributed by atoms with Gasteiger partial charge in [0, 0.05) is 24.7 Å². The Hall–Kier alpha value is -1.63. The van der Waals surface area contributed by atoms with Crippen molar-refractivity contribution in [1.82, 2.24) is 5.32 Å². The number of rotatable bonds is 3. The smallest absolute Gasteiger partial charge is 0.406 e. The summed E-state index contributed by atoms with van der Waals surface area (Å²) in [7, 11) is 0. The minimum absolute atomic E-state index is 0.0626. The summed E-state index contributed by atoms with van der Waals surface area (Å²) in [6, 6.07) is 11.1. The fraction of sp³-hybridized carbons (Fsp3) is 0.294. The first-order valence-electron chi connectivity index (χ1n) is 7.61. The molecule has 3 nitrogen and oxygen atoms in total. The largest absolute Gasteiger partial charge is 0.573 e. The van der Waals surface area contributed by atoms with Gasteiger partial charge < -0.3 is 15.0 Å². The van der Waals surface area contributed by atoms with Gasteiger partial charge in [-0.2, -0.15) is 0 Å². The molecule has 1 unspecified atom stereocenters. The van der Waals surface area contributed by atoms with Crippen molar-refractivity contribution < 1.29 is 17.9 Å². The molecule has 1 atom stereocenters. The third-order valence-electron chi connectivity index (χ3n) is 3.96. The minimum Gasteiger partial charge on any atom is -0.406 e. The van der Waals surface area contributed by atoms with Crippen LogP contribution in [0.15, 0.2) is 42.5 Å². The quantitative estimate of drug-likeness (QED) is 0.793. The molecule has 1 aliphatic heterocycles. The Morgan fingerprint density at radius 1 is 1.08 bits per heavy atom. The summed E-state index contributed by atoms with van der Waals surface area (Å²) >= 11 is 12.3. The van der Waals surface area contributed by atoms with Crippen LogP contribution in [0, 0.1) is 0 Å². The summed E-state index contributed by atoms with van der Waals surface area (Å²) in [4.78, 5) is 2.12. The van der Waals surface area contributed by atoms with Crippen molar-refractivity contribution in [2.45, 2.75) is 12.4 Å². The van der Waals surface area contributed by atoms with E-state index in [4.69, 9.17) is 23.2 Å². The van der Waals surface area contributed by atoms with E-state index in [1.807, 2.05) is 6.07 Å². The maximum atomic E-state index is 12.3. The van der Waals surface area contributed by atoms with Crippen molar-refractivity contribution in [3.8, 4) is 5.75 Å². The Labute approximate surface area is 153 Å². The fourth-order valence-corrected chi connectivity index (χ4v) is 3.41. The number of piperazine rings is 1. The number of anilines is 1. The second-order valence-electron chi connectivity index (χ2n) is 5.63. The third kappa shape index (κ3) is 4.51. The van der Waals surface area contributed by atoms with Gasteiger partial charge >= 0.3 is 6.36 Å². The van der Waals surface area contributed by atoms with Gasteiger partial charge in [0.15, 0.2) is 0 Å². The molecule has 0 bridgehead atoms. The Morgan fingerprint density at radius 2 is 1.80 bits per heavy atom. The minimum atomic E-state index is -4.70. The van der Waals surface area contributed by atoms with E-state index in [0.717, 1.165) is 17.8 Å². The van der Waals surface area contributed by atoms with Crippen LogP contribution in [-0.2, 0) is 0 Å². The number of nitrogens with one attached hydrogen (secondary N) is 1. The second kappa shape index (κ2) is 7.32. The van der Waals surface area contributed by atoms with E-state index >= 15 is 0 Å². The van der Waals surface area contributed by atoms with Crippen LogP contribution in [0.5, 0.6) is 5.75 Å². The highest BCUT2D eigenvalue weighted by molar-refractivity contribution is 6.36. The first kappa shape index (κ1) is 18.2. The normalized spacial score (nSPS) is 18.3. The standard InChI is InChI=1S/C17H15Cl2F3N2O/c18-12-3-6-15(14(19)9-12)24-8-7-23-10-16(24)11-1-4-13(5-2-11)25-17(20,21)22/h1-6,9,16,23H,7-8,10H2.